The molecule has 1 N–H and O–H groups in total. The lowest BCUT2D eigenvalue weighted by atomic mass is 10.2. The molecule has 1 amide bonds. The van der Waals surface area contributed by atoms with E-state index in [1.807, 2.05) is 6.92 Å². The van der Waals surface area contributed by atoms with Gasteiger partial charge >= 0.3 is 4.87 Å². The molecule has 0 unspecified atom stereocenters. The van der Waals surface area contributed by atoms with Gasteiger partial charge in [0.1, 0.15) is 18.2 Å². The molecule has 0 bridgehead atoms. The van der Waals surface area contributed by atoms with Crippen LogP contribution in [0.1, 0.15) is 17.7 Å². The summed E-state index contributed by atoms with van der Waals surface area (Å²) in [6.45, 7) is 2.42. The maximum absolute atomic E-state index is 13.2. The van der Waals surface area contributed by atoms with Crippen LogP contribution in [0.25, 0.3) is 0 Å². The number of thiazole rings is 1. The first-order valence-electron chi connectivity index (χ1n) is 8.43. The summed E-state index contributed by atoms with van der Waals surface area (Å²) in [5.41, 5.74) is 2.18. The van der Waals surface area contributed by atoms with Crippen LogP contribution < -0.4 is 14.9 Å². The Balaban J connectivity index is 1.55. The molecule has 0 aliphatic carbocycles. The van der Waals surface area contributed by atoms with E-state index in [1.165, 1.54) is 12.1 Å². The van der Waals surface area contributed by atoms with Gasteiger partial charge in [0.05, 0.1) is 0 Å². The van der Waals surface area contributed by atoms with Gasteiger partial charge in [0, 0.05) is 35.8 Å². The predicted octanol–water partition coefficient (Wildman–Crippen LogP) is 3.97. The van der Waals surface area contributed by atoms with Crippen molar-refractivity contribution in [2.45, 2.75) is 26.5 Å². The number of nitrogens with one attached hydrogen (secondary N) is 1. The maximum Gasteiger partial charge on any atom is 0.307 e. The third-order valence-corrected chi connectivity index (χ3v) is 4.83. The number of carbonyl (C=O) groups is 1. The minimum absolute atomic E-state index is 0.0620. The van der Waals surface area contributed by atoms with Gasteiger partial charge in [-0.25, -0.2) is 4.39 Å². The second kappa shape index (κ2) is 8.64. The number of hydrogen-bond donors (Lipinski definition) is 1. The Morgan fingerprint density at radius 2 is 2.04 bits per heavy atom. The van der Waals surface area contributed by atoms with Crippen molar-refractivity contribution < 1.29 is 13.9 Å². The van der Waals surface area contributed by atoms with Crippen LogP contribution in [-0.4, -0.2) is 10.5 Å². The first-order valence-corrected chi connectivity index (χ1v) is 9.31. The summed E-state index contributed by atoms with van der Waals surface area (Å²) in [6, 6.07) is 13.2. The summed E-state index contributed by atoms with van der Waals surface area (Å²) >= 11 is 1.13. The topological polar surface area (TPSA) is 60.3 Å². The number of halogens is 1. The predicted molar refractivity (Wildman–Crippen MR) is 104 cm³/mol. The molecule has 2 aromatic carbocycles. The SMILES string of the molecule is Cc1csc(=O)n1CCC(=O)Nc1cccc(OCc2cccc(F)c2)c1. The third kappa shape index (κ3) is 5.27. The van der Waals surface area contributed by atoms with Crippen LogP contribution in [0.4, 0.5) is 10.1 Å². The van der Waals surface area contributed by atoms with Crippen molar-refractivity contribution >= 4 is 22.9 Å². The Hall–Kier alpha value is -2.93. The van der Waals surface area contributed by atoms with Crippen LogP contribution in [0.3, 0.4) is 0 Å². The van der Waals surface area contributed by atoms with E-state index in [1.54, 1.807) is 46.3 Å². The van der Waals surface area contributed by atoms with Crippen LogP contribution in [-0.2, 0) is 17.9 Å². The molecule has 1 aromatic heterocycles. The summed E-state index contributed by atoms with van der Waals surface area (Å²) in [4.78, 5) is 23.8. The van der Waals surface area contributed by atoms with Gasteiger partial charge in [-0.1, -0.05) is 29.5 Å². The van der Waals surface area contributed by atoms with Crippen LogP contribution >= 0.6 is 11.3 Å². The lowest BCUT2D eigenvalue weighted by Gasteiger charge is -2.10. The van der Waals surface area contributed by atoms with Crippen molar-refractivity contribution in [2.24, 2.45) is 0 Å². The van der Waals surface area contributed by atoms with E-state index in [0.29, 0.717) is 18.0 Å². The highest BCUT2D eigenvalue weighted by atomic mass is 32.1. The molecule has 140 valence electrons. The molecule has 0 aliphatic heterocycles. The van der Waals surface area contributed by atoms with Crippen molar-refractivity contribution in [2.75, 3.05) is 5.32 Å². The number of hydrogen-bond acceptors (Lipinski definition) is 4. The van der Waals surface area contributed by atoms with Gasteiger partial charge in [-0.05, 0) is 36.8 Å². The fourth-order valence-corrected chi connectivity index (χ4v) is 3.33. The van der Waals surface area contributed by atoms with E-state index in [9.17, 15) is 14.0 Å². The number of anilines is 1. The molecule has 3 aromatic rings. The highest BCUT2D eigenvalue weighted by Gasteiger charge is 2.07. The maximum atomic E-state index is 13.2. The molecule has 3 rings (SSSR count). The molecule has 5 nitrogen and oxygen atoms in total. The number of aromatic nitrogens is 1. The zero-order chi connectivity index (χ0) is 19.2. The van der Waals surface area contributed by atoms with E-state index < -0.39 is 0 Å². The molecule has 1 heterocycles. The number of rotatable bonds is 7. The molecular weight excluding hydrogens is 367 g/mol. The summed E-state index contributed by atoms with van der Waals surface area (Å²) in [6.07, 6.45) is 0.200. The number of benzene rings is 2. The van der Waals surface area contributed by atoms with Gasteiger partial charge in [-0.2, -0.15) is 0 Å². The number of amides is 1. The lowest BCUT2D eigenvalue weighted by Crippen LogP contribution is -2.20. The third-order valence-electron chi connectivity index (χ3n) is 3.95. The fourth-order valence-electron chi connectivity index (χ4n) is 2.57. The van der Waals surface area contributed by atoms with Gasteiger partial charge < -0.3 is 14.6 Å². The summed E-state index contributed by atoms with van der Waals surface area (Å²) < 4.78 is 20.4. The van der Waals surface area contributed by atoms with Crippen molar-refractivity contribution in [3.63, 3.8) is 0 Å². The number of nitrogens with zero attached hydrogens (tertiary/aromatic N) is 1. The zero-order valence-electron chi connectivity index (χ0n) is 14.8. The van der Waals surface area contributed by atoms with Crippen molar-refractivity contribution in [1.82, 2.24) is 4.57 Å². The Morgan fingerprint density at radius 1 is 1.22 bits per heavy atom. The minimum Gasteiger partial charge on any atom is -0.489 e. The highest BCUT2D eigenvalue weighted by molar-refractivity contribution is 7.07. The molecule has 0 radical (unpaired) electrons. The fraction of sp³-hybridized carbons (Fsp3) is 0.200. The van der Waals surface area contributed by atoms with Gasteiger partial charge in [0.25, 0.3) is 0 Å². The summed E-state index contributed by atoms with van der Waals surface area (Å²) in [5, 5.41) is 4.58. The van der Waals surface area contributed by atoms with Crippen molar-refractivity contribution in [1.29, 1.82) is 0 Å². The lowest BCUT2D eigenvalue weighted by molar-refractivity contribution is -0.116. The van der Waals surface area contributed by atoms with Gasteiger partial charge in [-0.15, -0.1) is 0 Å². The van der Waals surface area contributed by atoms with Crippen LogP contribution in [0.5, 0.6) is 5.75 Å². The number of aryl methyl sites for hydroxylation is 1. The molecule has 7 heteroatoms. The first kappa shape index (κ1) is 18.8. The Bertz CT molecular complexity index is 997. The summed E-state index contributed by atoms with van der Waals surface area (Å²) in [7, 11) is 0. The largest absolute Gasteiger partial charge is 0.489 e. The summed E-state index contributed by atoms with van der Waals surface area (Å²) in [5.74, 6) is 0.0776. The van der Waals surface area contributed by atoms with Crippen molar-refractivity contribution in [3.05, 3.63) is 80.7 Å². The minimum atomic E-state index is -0.308. The molecular formula is C20H19FN2O3S. The normalized spacial score (nSPS) is 10.6. The Morgan fingerprint density at radius 3 is 2.78 bits per heavy atom. The standard InChI is InChI=1S/C20H19FN2O3S/c1-14-13-27-20(25)23(14)9-8-19(24)22-17-6-3-7-18(11-17)26-12-15-4-2-5-16(21)10-15/h2-7,10-11,13H,8-9,12H2,1H3,(H,22,24). The highest BCUT2D eigenvalue weighted by Crippen LogP contribution is 2.19. The number of ether oxygens (including phenoxy) is 1. The van der Waals surface area contributed by atoms with E-state index in [-0.39, 0.29) is 29.6 Å². The van der Waals surface area contributed by atoms with Crippen LogP contribution in [0.15, 0.2) is 58.7 Å². The van der Waals surface area contributed by atoms with Crippen LogP contribution in [0.2, 0.25) is 0 Å². The zero-order valence-corrected chi connectivity index (χ0v) is 15.6. The van der Waals surface area contributed by atoms with Crippen LogP contribution in [0, 0.1) is 12.7 Å². The Labute approximate surface area is 160 Å². The van der Waals surface area contributed by atoms with E-state index in [2.05, 4.69) is 5.32 Å². The molecule has 0 fully saturated rings. The quantitative estimate of drug-likeness (QED) is 0.669. The second-order valence-corrected chi connectivity index (χ2v) is 6.86. The van der Waals surface area contributed by atoms with E-state index in [0.717, 1.165) is 22.6 Å². The van der Waals surface area contributed by atoms with Gasteiger partial charge in [0.2, 0.25) is 5.91 Å². The Kier molecular flexibility index (Phi) is 6.03. The number of carbonyl (C=O) groups excluding carboxylic acids is 1. The molecule has 0 saturated carbocycles. The monoisotopic (exact) mass is 386 g/mol. The molecule has 0 spiro atoms. The van der Waals surface area contributed by atoms with E-state index in [4.69, 9.17) is 4.74 Å². The van der Waals surface area contributed by atoms with Gasteiger partial charge in [0.15, 0.2) is 0 Å². The average molecular weight is 386 g/mol. The second-order valence-electron chi connectivity index (χ2n) is 6.04. The van der Waals surface area contributed by atoms with E-state index >= 15 is 0 Å². The molecule has 0 aliphatic rings. The smallest absolute Gasteiger partial charge is 0.307 e. The van der Waals surface area contributed by atoms with Gasteiger partial charge in [-0.3, -0.25) is 9.59 Å². The first-order chi connectivity index (χ1) is 13.0. The molecule has 0 atom stereocenters. The molecule has 27 heavy (non-hydrogen) atoms. The molecule has 0 saturated heterocycles. The average Bonchev–Trinajstić information content (AvgIpc) is 2.96. The van der Waals surface area contributed by atoms with Crippen molar-refractivity contribution in [3.8, 4) is 5.75 Å².